The van der Waals surface area contributed by atoms with Gasteiger partial charge in [0.15, 0.2) is 0 Å². The number of aromatic nitrogens is 2. The van der Waals surface area contributed by atoms with Crippen molar-refractivity contribution in [3.05, 3.63) is 53.3 Å². The lowest BCUT2D eigenvalue weighted by Crippen LogP contribution is -2.10. The molecular weight excluding hydrogens is 348 g/mol. The molecule has 0 atom stereocenters. The van der Waals surface area contributed by atoms with Gasteiger partial charge in [-0.2, -0.15) is 8.42 Å². The third kappa shape index (κ3) is 7.79. The van der Waals surface area contributed by atoms with Crippen molar-refractivity contribution in [3.8, 4) is 0 Å². The van der Waals surface area contributed by atoms with Crippen molar-refractivity contribution in [2.45, 2.75) is 13.8 Å². The number of ether oxygens (including phenoxy) is 1. The van der Waals surface area contributed by atoms with E-state index in [0.717, 1.165) is 0 Å². The molecule has 0 fully saturated rings. The van der Waals surface area contributed by atoms with E-state index in [0.29, 0.717) is 17.0 Å². The second-order valence-electron chi connectivity index (χ2n) is 4.57. The quantitative estimate of drug-likeness (QED) is 0.809. The first-order valence-corrected chi connectivity index (χ1v) is 7.92. The molecule has 0 saturated carbocycles. The van der Waals surface area contributed by atoms with Crippen molar-refractivity contribution in [1.82, 2.24) is 9.97 Å². The lowest BCUT2D eigenvalue weighted by atomic mass is 10.2. The van der Waals surface area contributed by atoms with Gasteiger partial charge in [-0.05, 0) is 32.0 Å². The van der Waals surface area contributed by atoms with Crippen LogP contribution in [0.1, 0.15) is 21.7 Å². The van der Waals surface area contributed by atoms with Crippen molar-refractivity contribution in [2.24, 2.45) is 4.36 Å². The number of carbonyl (C=O) groups excluding carboxylic acids is 2. The second kappa shape index (κ2) is 9.88. The maximum atomic E-state index is 10.9. The number of benzene rings is 1. The molecule has 2 amide bonds. The van der Waals surface area contributed by atoms with Crippen LogP contribution in [-0.2, 0) is 15.2 Å². The van der Waals surface area contributed by atoms with Crippen LogP contribution in [0.2, 0.25) is 0 Å². The van der Waals surface area contributed by atoms with Crippen LogP contribution in [0.5, 0.6) is 0 Å². The molecule has 0 unspecified atom stereocenters. The van der Waals surface area contributed by atoms with Crippen LogP contribution in [0.25, 0.3) is 0 Å². The molecule has 10 heteroatoms. The molecule has 0 aliphatic carbocycles. The van der Waals surface area contributed by atoms with E-state index in [1.807, 2.05) is 6.07 Å². The Morgan fingerprint density at radius 1 is 1.08 bits per heavy atom. The number of esters is 1. The Kier molecular flexibility index (Phi) is 7.87. The van der Waals surface area contributed by atoms with Crippen LogP contribution in [0.4, 0.5) is 10.7 Å². The van der Waals surface area contributed by atoms with Gasteiger partial charge in [-0.1, -0.05) is 22.6 Å². The first-order chi connectivity index (χ1) is 11.8. The molecule has 1 heterocycles. The molecule has 1 aromatic heterocycles. The standard InChI is InChI=1S/C8H8O2.C7H8N4O3S/c1-10-8(9)7-5-3-2-4-6-7;1-4-3-5(2)9-6(8-4)10-7(12)11-15(13)14/h2-6H,1H3;3H,1-2H3,(H,8,9,10,12). The van der Waals surface area contributed by atoms with Crippen LogP contribution in [0.15, 0.2) is 40.8 Å². The predicted octanol–water partition coefficient (Wildman–Crippen LogP) is 2.16. The molecule has 1 N–H and O–H groups in total. The second-order valence-corrected chi connectivity index (χ2v) is 5.19. The highest BCUT2D eigenvalue weighted by atomic mass is 32.2. The van der Waals surface area contributed by atoms with E-state index in [4.69, 9.17) is 0 Å². The fraction of sp³-hybridized carbons (Fsp3) is 0.200. The predicted molar refractivity (Wildman–Crippen MR) is 89.7 cm³/mol. The minimum atomic E-state index is -2.77. The van der Waals surface area contributed by atoms with Gasteiger partial charge in [0.25, 0.3) is 0 Å². The van der Waals surface area contributed by atoms with Gasteiger partial charge >= 0.3 is 22.5 Å². The summed E-state index contributed by atoms with van der Waals surface area (Å²) in [4.78, 5) is 29.4. The van der Waals surface area contributed by atoms with Crippen molar-refractivity contribution in [1.29, 1.82) is 0 Å². The Bertz CT molecular complexity index is 854. The molecule has 0 saturated heterocycles. The third-order valence-corrected chi connectivity index (χ3v) is 2.87. The molecule has 0 aliphatic rings. The van der Waals surface area contributed by atoms with E-state index < -0.39 is 16.5 Å². The lowest BCUT2D eigenvalue weighted by molar-refractivity contribution is 0.0600. The summed E-state index contributed by atoms with van der Waals surface area (Å²) in [5.41, 5.74) is 1.92. The Labute approximate surface area is 145 Å². The normalized spacial score (nSPS) is 9.24. The van der Waals surface area contributed by atoms with Gasteiger partial charge in [0, 0.05) is 11.4 Å². The topological polar surface area (TPSA) is 128 Å². The minimum absolute atomic E-state index is 0.0340. The maximum Gasteiger partial charge on any atom is 0.362 e. The number of hydrogen-bond donors (Lipinski definition) is 1. The number of hydrogen-bond acceptors (Lipinski definition) is 7. The number of nitrogens with one attached hydrogen (secondary N) is 1. The van der Waals surface area contributed by atoms with Crippen LogP contribution in [0, 0.1) is 13.8 Å². The summed E-state index contributed by atoms with van der Waals surface area (Å²) in [6.07, 6.45) is 0. The highest BCUT2D eigenvalue weighted by Crippen LogP contribution is 2.03. The number of nitrogens with zero attached hydrogens (tertiary/aromatic N) is 3. The average Bonchev–Trinajstić information content (AvgIpc) is 2.53. The smallest absolute Gasteiger partial charge is 0.362 e. The van der Waals surface area contributed by atoms with Gasteiger partial charge < -0.3 is 4.74 Å². The Morgan fingerprint density at radius 2 is 1.64 bits per heavy atom. The van der Waals surface area contributed by atoms with E-state index in [1.54, 1.807) is 44.2 Å². The van der Waals surface area contributed by atoms with Crippen molar-refractivity contribution < 1.29 is 22.7 Å². The van der Waals surface area contributed by atoms with Crippen LogP contribution >= 0.6 is 0 Å². The third-order valence-electron chi connectivity index (χ3n) is 2.55. The average molecular weight is 364 g/mol. The highest BCUT2D eigenvalue weighted by molar-refractivity contribution is 7.62. The SMILES string of the molecule is COC(=O)c1ccccc1.Cc1cc(C)nc(NC(=O)N=S(=O)=O)n1. The van der Waals surface area contributed by atoms with Crippen LogP contribution < -0.4 is 5.32 Å². The zero-order valence-corrected chi connectivity index (χ0v) is 14.6. The van der Waals surface area contributed by atoms with Gasteiger partial charge in [-0.15, -0.1) is 0 Å². The highest BCUT2D eigenvalue weighted by Gasteiger charge is 2.04. The summed E-state index contributed by atoms with van der Waals surface area (Å²) in [6, 6.07) is 9.58. The summed E-state index contributed by atoms with van der Waals surface area (Å²) in [5.74, 6) is -0.257. The summed E-state index contributed by atoms with van der Waals surface area (Å²) >= 11 is 0. The van der Waals surface area contributed by atoms with Crippen LogP contribution in [0.3, 0.4) is 0 Å². The van der Waals surface area contributed by atoms with E-state index in [9.17, 15) is 18.0 Å². The Hall–Kier alpha value is -3.14. The van der Waals surface area contributed by atoms with Crippen molar-refractivity contribution in [3.63, 3.8) is 0 Å². The minimum Gasteiger partial charge on any atom is -0.465 e. The molecule has 0 spiro atoms. The summed E-state index contributed by atoms with van der Waals surface area (Å²) in [5, 5.41) is 2.13. The van der Waals surface area contributed by atoms with E-state index in [2.05, 4.69) is 24.4 Å². The van der Waals surface area contributed by atoms with Gasteiger partial charge in [0.05, 0.1) is 12.7 Å². The molecule has 132 valence electrons. The zero-order chi connectivity index (χ0) is 18.8. The molecule has 0 radical (unpaired) electrons. The summed E-state index contributed by atoms with van der Waals surface area (Å²) in [6.45, 7) is 3.46. The number of aryl methyl sites for hydroxylation is 2. The van der Waals surface area contributed by atoms with Crippen molar-refractivity contribution >= 4 is 28.4 Å². The van der Waals surface area contributed by atoms with Crippen molar-refractivity contribution in [2.75, 3.05) is 12.4 Å². The molecule has 2 rings (SSSR count). The first-order valence-electron chi connectivity index (χ1n) is 6.89. The monoisotopic (exact) mass is 364 g/mol. The van der Waals surface area contributed by atoms with E-state index >= 15 is 0 Å². The lowest BCUT2D eigenvalue weighted by Gasteiger charge is -2.01. The van der Waals surface area contributed by atoms with Gasteiger partial charge in [0.1, 0.15) is 0 Å². The fourth-order valence-electron chi connectivity index (χ4n) is 1.66. The molecular formula is C15H16N4O5S. The molecule has 0 bridgehead atoms. The largest absolute Gasteiger partial charge is 0.465 e. The van der Waals surface area contributed by atoms with Gasteiger partial charge in [-0.25, -0.2) is 19.6 Å². The molecule has 25 heavy (non-hydrogen) atoms. The number of amides is 2. The van der Waals surface area contributed by atoms with Gasteiger partial charge in [-0.3, -0.25) is 5.32 Å². The zero-order valence-electron chi connectivity index (χ0n) is 13.8. The molecule has 2 aromatic rings. The number of urea groups is 1. The fourth-order valence-corrected chi connectivity index (χ4v) is 1.84. The number of rotatable bonds is 2. The van der Waals surface area contributed by atoms with E-state index in [-0.39, 0.29) is 11.9 Å². The Balaban J connectivity index is 0.000000271. The maximum absolute atomic E-state index is 10.9. The summed E-state index contributed by atoms with van der Waals surface area (Å²) < 4.78 is 27.3. The molecule has 1 aromatic carbocycles. The summed E-state index contributed by atoms with van der Waals surface area (Å²) in [7, 11) is -1.40. The van der Waals surface area contributed by atoms with E-state index in [1.165, 1.54) is 7.11 Å². The number of methoxy groups -OCH3 is 1. The number of carbonyl (C=O) groups is 2. The number of anilines is 1. The Morgan fingerprint density at radius 3 is 2.12 bits per heavy atom. The first kappa shape index (κ1) is 19.9. The van der Waals surface area contributed by atoms with Crippen LogP contribution in [-0.4, -0.2) is 37.5 Å². The molecule has 0 aliphatic heterocycles. The molecule has 9 nitrogen and oxygen atoms in total. The van der Waals surface area contributed by atoms with Gasteiger partial charge in [0.2, 0.25) is 5.95 Å².